The van der Waals surface area contributed by atoms with Crippen molar-refractivity contribution in [2.45, 2.75) is 38.5 Å². The molecular formula is C18H27NO4. The standard InChI is InChI=1S/C18H27NO4/c1-21-15-11-10-14(16(22-2)17(15)23-3)18(20)19-12-6-9-13-7-4-5-8-13/h10-11,13H,4-9,12H2,1-3H3,(H,19,20). The predicted molar refractivity (Wildman–Crippen MR) is 89.6 cm³/mol. The molecule has 1 aliphatic rings. The number of benzene rings is 1. The number of nitrogens with one attached hydrogen (secondary N) is 1. The maximum Gasteiger partial charge on any atom is 0.255 e. The molecule has 2 rings (SSSR count). The predicted octanol–water partition coefficient (Wildman–Crippen LogP) is 3.41. The largest absolute Gasteiger partial charge is 0.493 e. The van der Waals surface area contributed by atoms with Crippen molar-refractivity contribution >= 4 is 5.91 Å². The third-order valence-electron chi connectivity index (χ3n) is 4.50. The smallest absolute Gasteiger partial charge is 0.255 e. The number of carbonyl (C=O) groups is 1. The maximum atomic E-state index is 12.4. The summed E-state index contributed by atoms with van der Waals surface area (Å²) in [6.45, 7) is 0.687. The number of rotatable bonds is 8. The Hall–Kier alpha value is -1.91. The molecule has 128 valence electrons. The fourth-order valence-corrected chi connectivity index (χ4v) is 3.27. The fourth-order valence-electron chi connectivity index (χ4n) is 3.27. The Balaban J connectivity index is 1.95. The first-order chi connectivity index (χ1) is 11.2. The molecule has 1 fully saturated rings. The second kappa shape index (κ2) is 8.65. The molecule has 1 saturated carbocycles. The summed E-state index contributed by atoms with van der Waals surface area (Å²) in [5.41, 5.74) is 0.464. The molecule has 1 aliphatic carbocycles. The summed E-state index contributed by atoms with van der Waals surface area (Å²) in [7, 11) is 4.61. The normalized spacial score (nSPS) is 14.6. The molecule has 0 unspecified atom stereocenters. The van der Waals surface area contributed by atoms with E-state index in [1.807, 2.05) is 0 Å². The van der Waals surface area contributed by atoms with Crippen LogP contribution in [0.25, 0.3) is 0 Å². The minimum Gasteiger partial charge on any atom is -0.493 e. The van der Waals surface area contributed by atoms with Crippen LogP contribution in [0.5, 0.6) is 17.2 Å². The van der Waals surface area contributed by atoms with E-state index in [2.05, 4.69) is 5.32 Å². The highest BCUT2D eigenvalue weighted by atomic mass is 16.5. The topological polar surface area (TPSA) is 56.8 Å². The third kappa shape index (κ3) is 4.30. The summed E-state index contributed by atoms with van der Waals surface area (Å²) >= 11 is 0. The van der Waals surface area contributed by atoms with E-state index in [-0.39, 0.29) is 5.91 Å². The summed E-state index contributed by atoms with van der Waals surface area (Å²) in [5.74, 6) is 2.09. The Morgan fingerprint density at radius 1 is 1.09 bits per heavy atom. The second-order valence-corrected chi connectivity index (χ2v) is 5.93. The average molecular weight is 321 g/mol. The molecule has 0 aromatic heterocycles. The molecular weight excluding hydrogens is 294 g/mol. The Morgan fingerprint density at radius 2 is 1.78 bits per heavy atom. The Bertz CT molecular complexity index is 524. The number of hydrogen-bond donors (Lipinski definition) is 1. The van der Waals surface area contributed by atoms with Crippen molar-refractivity contribution in [3.8, 4) is 17.2 Å². The van der Waals surface area contributed by atoms with Crippen molar-refractivity contribution in [2.24, 2.45) is 5.92 Å². The molecule has 0 radical (unpaired) electrons. The van der Waals surface area contributed by atoms with Gasteiger partial charge in [-0.2, -0.15) is 0 Å². The lowest BCUT2D eigenvalue weighted by Crippen LogP contribution is -2.25. The summed E-state index contributed by atoms with van der Waals surface area (Å²) in [5, 5.41) is 2.97. The van der Waals surface area contributed by atoms with Crippen LogP contribution in [0.15, 0.2) is 12.1 Å². The first-order valence-electron chi connectivity index (χ1n) is 8.28. The van der Waals surface area contributed by atoms with Crippen LogP contribution in [0.1, 0.15) is 48.9 Å². The lowest BCUT2D eigenvalue weighted by Gasteiger charge is -2.15. The van der Waals surface area contributed by atoms with E-state index < -0.39 is 0 Å². The van der Waals surface area contributed by atoms with Gasteiger partial charge in [0.05, 0.1) is 26.9 Å². The van der Waals surface area contributed by atoms with E-state index in [0.717, 1.165) is 12.3 Å². The van der Waals surface area contributed by atoms with E-state index in [9.17, 15) is 4.79 Å². The van der Waals surface area contributed by atoms with E-state index in [0.29, 0.717) is 29.4 Å². The van der Waals surface area contributed by atoms with Gasteiger partial charge >= 0.3 is 0 Å². The SMILES string of the molecule is COc1ccc(C(=O)NCCCC2CCCC2)c(OC)c1OC. The zero-order chi connectivity index (χ0) is 16.7. The Kier molecular flexibility index (Phi) is 6.56. The van der Waals surface area contributed by atoms with Gasteiger partial charge in [0.2, 0.25) is 5.75 Å². The second-order valence-electron chi connectivity index (χ2n) is 5.93. The van der Waals surface area contributed by atoms with E-state index in [4.69, 9.17) is 14.2 Å². The van der Waals surface area contributed by atoms with E-state index in [1.165, 1.54) is 46.3 Å². The van der Waals surface area contributed by atoms with Crippen LogP contribution in [-0.2, 0) is 0 Å². The molecule has 1 aromatic rings. The van der Waals surface area contributed by atoms with Crippen LogP contribution in [0.2, 0.25) is 0 Å². The van der Waals surface area contributed by atoms with E-state index in [1.54, 1.807) is 19.2 Å². The van der Waals surface area contributed by atoms with Gasteiger partial charge in [0.25, 0.3) is 5.91 Å². The van der Waals surface area contributed by atoms with Crippen LogP contribution < -0.4 is 19.5 Å². The number of hydrogen-bond acceptors (Lipinski definition) is 4. The molecule has 0 heterocycles. The Morgan fingerprint density at radius 3 is 2.39 bits per heavy atom. The average Bonchev–Trinajstić information content (AvgIpc) is 3.10. The van der Waals surface area contributed by atoms with Gasteiger partial charge in [0, 0.05) is 6.54 Å². The summed E-state index contributed by atoms with van der Waals surface area (Å²) < 4.78 is 15.9. The highest BCUT2D eigenvalue weighted by Gasteiger charge is 2.20. The minimum absolute atomic E-state index is 0.144. The molecule has 5 nitrogen and oxygen atoms in total. The summed E-state index contributed by atoms with van der Waals surface area (Å²) in [6, 6.07) is 3.42. The van der Waals surface area contributed by atoms with Gasteiger partial charge in [-0.25, -0.2) is 0 Å². The molecule has 0 saturated heterocycles. The van der Waals surface area contributed by atoms with Crippen LogP contribution >= 0.6 is 0 Å². The van der Waals surface area contributed by atoms with Crippen molar-refractivity contribution in [3.63, 3.8) is 0 Å². The van der Waals surface area contributed by atoms with E-state index >= 15 is 0 Å². The quantitative estimate of drug-likeness (QED) is 0.746. The van der Waals surface area contributed by atoms with Crippen LogP contribution in [0, 0.1) is 5.92 Å². The number of ether oxygens (including phenoxy) is 3. The van der Waals surface area contributed by atoms with Crippen molar-refractivity contribution < 1.29 is 19.0 Å². The van der Waals surface area contributed by atoms with Crippen molar-refractivity contribution in [1.29, 1.82) is 0 Å². The lowest BCUT2D eigenvalue weighted by atomic mass is 10.0. The zero-order valence-electron chi connectivity index (χ0n) is 14.3. The van der Waals surface area contributed by atoms with Gasteiger partial charge in [0.1, 0.15) is 0 Å². The van der Waals surface area contributed by atoms with Crippen LogP contribution in [0.4, 0.5) is 0 Å². The first-order valence-corrected chi connectivity index (χ1v) is 8.28. The minimum atomic E-state index is -0.144. The van der Waals surface area contributed by atoms with Crippen LogP contribution in [-0.4, -0.2) is 33.8 Å². The molecule has 23 heavy (non-hydrogen) atoms. The monoisotopic (exact) mass is 321 g/mol. The molecule has 1 amide bonds. The highest BCUT2D eigenvalue weighted by Crippen LogP contribution is 2.39. The van der Waals surface area contributed by atoms with Gasteiger partial charge in [-0.15, -0.1) is 0 Å². The van der Waals surface area contributed by atoms with Crippen molar-refractivity contribution in [1.82, 2.24) is 5.32 Å². The third-order valence-corrected chi connectivity index (χ3v) is 4.50. The number of amides is 1. The van der Waals surface area contributed by atoms with Crippen molar-refractivity contribution in [2.75, 3.05) is 27.9 Å². The molecule has 5 heteroatoms. The van der Waals surface area contributed by atoms with Gasteiger partial charge in [-0.3, -0.25) is 4.79 Å². The highest BCUT2D eigenvalue weighted by molar-refractivity contribution is 5.98. The van der Waals surface area contributed by atoms with Crippen LogP contribution in [0.3, 0.4) is 0 Å². The molecule has 0 spiro atoms. The van der Waals surface area contributed by atoms with Gasteiger partial charge in [0.15, 0.2) is 11.5 Å². The summed E-state index contributed by atoms with van der Waals surface area (Å²) in [4.78, 5) is 12.4. The molecule has 1 N–H and O–H groups in total. The van der Waals surface area contributed by atoms with Gasteiger partial charge in [-0.1, -0.05) is 25.7 Å². The molecule has 0 aliphatic heterocycles. The molecule has 0 atom stereocenters. The zero-order valence-corrected chi connectivity index (χ0v) is 14.3. The van der Waals surface area contributed by atoms with Gasteiger partial charge in [-0.05, 0) is 30.9 Å². The Labute approximate surface area is 138 Å². The van der Waals surface area contributed by atoms with Gasteiger partial charge < -0.3 is 19.5 Å². The number of methoxy groups -OCH3 is 3. The molecule has 0 bridgehead atoms. The fraction of sp³-hybridized carbons (Fsp3) is 0.611. The summed E-state index contributed by atoms with van der Waals surface area (Å²) in [6.07, 6.45) is 7.63. The number of carbonyl (C=O) groups excluding carboxylic acids is 1. The van der Waals surface area contributed by atoms with Crippen molar-refractivity contribution in [3.05, 3.63) is 17.7 Å². The first kappa shape index (κ1) is 17.4. The lowest BCUT2D eigenvalue weighted by molar-refractivity contribution is 0.0948. The maximum absolute atomic E-state index is 12.4. The molecule has 1 aromatic carbocycles.